The monoisotopic (exact) mass is 420 g/mol. The second kappa shape index (κ2) is 13.8. The van der Waals surface area contributed by atoms with Gasteiger partial charge in [0.25, 0.3) is 0 Å². The molecule has 4 heteroatoms. The second-order valence-electron chi connectivity index (χ2n) is 8.75. The summed E-state index contributed by atoms with van der Waals surface area (Å²) in [7, 11) is 0. The third kappa shape index (κ3) is 8.35. The molecule has 1 aromatic heterocycles. The zero-order valence-electron chi connectivity index (χ0n) is 19.4. The molecule has 3 rings (SSSR count). The SMILES string of the molecule is CCCCCCCCCCCCCCc1ccc(NCn2nnc3ccccc32)cc1. The molecule has 1 heterocycles. The number of nitrogens with zero attached hydrogens (tertiary/aromatic N) is 3. The molecule has 0 unspecified atom stereocenters. The van der Waals surface area contributed by atoms with Crippen molar-refractivity contribution >= 4 is 16.7 Å². The first-order chi connectivity index (χ1) is 15.4. The fraction of sp³-hybridized carbons (Fsp3) is 0.556. The van der Waals surface area contributed by atoms with E-state index in [1.807, 2.05) is 22.9 Å². The van der Waals surface area contributed by atoms with Crippen molar-refractivity contribution < 1.29 is 0 Å². The Morgan fingerprint density at radius 3 is 2.00 bits per heavy atom. The van der Waals surface area contributed by atoms with Crippen LogP contribution in [0.5, 0.6) is 0 Å². The summed E-state index contributed by atoms with van der Waals surface area (Å²) in [5.41, 5.74) is 4.54. The Hall–Kier alpha value is -2.36. The molecule has 0 aliphatic heterocycles. The fourth-order valence-corrected chi connectivity index (χ4v) is 4.16. The number of hydrogen-bond donors (Lipinski definition) is 1. The van der Waals surface area contributed by atoms with Crippen LogP contribution in [0.25, 0.3) is 11.0 Å². The highest BCUT2D eigenvalue weighted by atomic mass is 15.4. The average Bonchev–Trinajstić information content (AvgIpc) is 3.22. The first-order valence-corrected chi connectivity index (χ1v) is 12.5. The summed E-state index contributed by atoms with van der Waals surface area (Å²) < 4.78 is 1.90. The van der Waals surface area contributed by atoms with Gasteiger partial charge in [-0.3, -0.25) is 0 Å². The van der Waals surface area contributed by atoms with Crippen LogP contribution >= 0.6 is 0 Å². The van der Waals surface area contributed by atoms with E-state index in [0.717, 1.165) is 16.7 Å². The van der Waals surface area contributed by atoms with Crippen molar-refractivity contribution in [3.63, 3.8) is 0 Å². The first kappa shape index (κ1) is 23.3. The number of aromatic nitrogens is 3. The molecule has 3 aromatic rings. The molecular weight excluding hydrogens is 380 g/mol. The van der Waals surface area contributed by atoms with Gasteiger partial charge < -0.3 is 5.32 Å². The minimum absolute atomic E-state index is 0.624. The Bertz CT molecular complexity index is 853. The molecule has 2 aromatic carbocycles. The van der Waals surface area contributed by atoms with Crippen LogP contribution in [-0.2, 0) is 13.1 Å². The number of rotatable bonds is 16. The molecule has 0 aliphatic carbocycles. The van der Waals surface area contributed by atoms with Gasteiger partial charge >= 0.3 is 0 Å². The molecule has 0 saturated heterocycles. The van der Waals surface area contributed by atoms with E-state index >= 15 is 0 Å². The lowest BCUT2D eigenvalue weighted by Gasteiger charge is -2.08. The van der Waals surface area contributed by atoms with Crippen molar-refractivity contribution in [2.45, 2.75) is 97.1 Å². The van der Waals surface area contributed by atoms with Gasteiger partial charge in [0, 0.05) is 5.69 Å². The third-order valence-electron chi connectivity index (χ3n) is 6.13. The number of fused-ring (bicyclic) bond motifs is 1. The Morgan fingerprint density at radius 2 is 1.32 bits per heavy atom. The molecule has 31 heavy (non-hydrogen) atoms. The van der Waals surface area contributed by atoms with E-state index in [-0.39, 0.29) is 0 Å². The van der Waals surface area contributed by atoms with Crippen LogP contribution < -0.4 is 5.32 Å². The topological polar surface area (TPSA) is 42.7 Å². The number of unbranched alkanes of at least 4 members (excludes halogenated alkanes) is 11. The normalized spacial score (nSPS) is 11.3. The number of benzene rings is 2. The van der Waals surface area contributed by atoms with Crippen LogP contribution in [0.15, 0.2) is 48.5 Å². The van der Waals surface area contributed by atoms with E-state index in [1.165, 1.54) is 89.0 Å². The van der Waals surface area contributed by atoms with Crippen molar-refractivity contribution in [3.05, 3.63) is 54.1 Å². The lowest BCUT2D eigenvalue weighted by atomic mass is 10.0. The van der Waals surface area contributed by atoms with Gasteiger partial charge in [-0.1, -0.05) is 107 Å². The van der Waals surface area contributed by atoms with Crippen molar-refractivity contribution in [2.75, 3.05) is 5.32 Å². The van der Waals surface area contributed by atoms with Crippen LogP contribution in [-0.4, -0.2) is 15.0 Å². The lowest BCUT2D eigenvalue weighted by Crippen LogP contribution is -2.09. The van der Waals surface area contributed by atoms with E-state index < -0.39 is 0 Å². The largest absolute Gasteiger partial charge is 0.366 e. The fourth-order valence-electron chi connectivity index (χ4n) is 4.16. The van der Waals surface area contributed by atoms with Gasteiger partial charge in [0.05, 0.1) is 5.52 Å². The molecule has 4 nitrogen and oxygen atoms in total. The van der Waals surface area contributed by atoms with Crippen molar-refractivity contribution in [1.82, 2.24) is 15.0 Å². The van der Waals surface area contributed by atoms with Gasteiger partial charge in [-0.15, -0.1) is 5.10 Å². The molecule has 0 radical (unpaired) electrons. The zero-order valence-corrected chi connectivity index (χ0v) is 19.4. The molecule has 0 fully saturated rings. The van der Waals surface area contributed by atoms with E-state index in [1.54, 1.807) is 0 Å². The maximum Gasteiger partial charge on any atom is 0.113 e. The molecule has 0 saturated carbocycles. The highest BCUT2D eigenvalue weighted by molar-refractivity contribution is 5.73. The number of para-hydroxylation sites is 1. The second-order valence-corrected chi connectivity index (χ2v) is 8.75. The molecule has 0 atom stereocenters. The smallest absolute Gasteiger partial charge is 0.113 e. The molecular formula is C27H40N4. The Balaban J connectivity index is 1.23. The molecule has 1 N–H and O–H groups in total. The van der Waals surface area contributed by atoms with Gasteiger partial charge in [0.1, 0.15) is 12.2 Å². The summed E-state index contributed by atoms with van der Waals surface area (Å²) in [4.78, 5) is 0. The highest BCUT2D eigenvalue weighted by Gasteiger charge is 2.03. The Kier molecular flexibility index (Phi) is 10.4. The maximum atomic E-state index is 4.23. The average molecular weight is 421 g/mol. The Labute approximate surface area is 188 Å². The van der Waals surface area contributed by atoms with Gasteiger partial charge in [0.2, 0.25) is 0 Å². The molecule has 0 amide bonds. The summed E-state index contributed by atoms with van der Waals surface area (Å²) in [5.74, 6) is 0. The van der Waals surface area contributed by atoms with Crippen molar-refractivity contribution in [3.8, 4) is 0 Å². The van der Waals surface area contributed by atoms with Crippen LogP contribution in [0.4, 0.5) is 5.69 Å². The van der Waals surface area contributed by atoms with Crippen LogP contribution in [0.1, 0.15) is 89.5 Å². The summed E-state index contributed by atoms with van der Waals surface area (Å²) in [6, 6.07) is 16.9. The van der Waals surface area contributed by atoms with Crippen molar-refractivity contribution in [2.24, 2.45) is 0 Å². The number of hydrogen-bond acceptors (Lipinski definition) is 3. The number of aryl methyl sites for hydroxylation is 1. The minimum Gasteiger partial charge on any atom is -0.366 e. The van der Waals surface area contributed by atoms with Crippen LogP contribution in [0.2, 0.25) is 0 Å². The summed E-state index contributed by atoms with van der Waals surface area (Å²) >= 11 is 0. The first-order valence-electron chi connectivity index (χ1n) is 12.5. The highest BCUT2D eigenvalue weighted by Crippen LogP contribution is 2.16. The lowest BCUT2D eigenvalue weighted by molar-refractivity contribution is 0.544. The molecule has 168 valence electrons. The third-order valence-corrected chi connectivity index (χ3v) is 6.13. The predicted octanol–water partition coefficient (Wildman–Crippen LogP) is 7.74. The zero-order chi connectivity index (χ0) is 21.6. The number of anilines is 1. The van der Waals surface area contributed by atoms with Gasteiger partial charge in [-0.25, -0.2) is 4.68 Å². The maximum absolute atomic E-state index is 4.23. The van der Waals surface area contributed by atoms with Crippen molar-refractivity contribution in [1.29, 1.82) is 0 Å². The predicted molar refractivity (Wildman–Crippen MR) is 132 cm³/mol. The summed E-state index contributed by atoms with van der Waals surface area (Å²) in [5, 5.41) is 11.9. The summed E-state index contributed by atoms with van der Waals surface area (Å²) in [6.07, 6.45) is 18.0. The minimum atomic E-state index is 0.624. The van der Waals surface area contributed by atoms with E-state index in [4.69, 9.17) is 0 Å². The standard InChI is InChI=1S/C27H40N4/c1-2-3-4-5-6-7-8-9-10-11-12-13-16-24-19-21-25(22-20-24)28-23-31-27-18-15-14-17-26(27)29-30-31/h14-15,17-22,28H,2-13,16,23H2,1H3. The Morgan fingerprint density at radius 1 is 0.710 bits per heavy atom. The van der Waals surface area contributed by atoms with Gasteiger partial charge in [-0.05, 0) is 42.7 Å². The summed E-state index contributed by atoms with van der Waals surface area (Å²) in [6.45, 7) is 2.91. The van der Waals surface area contributed by atoms with E-state index in [2.05, 4.69) is 52.9 Å². The molecule has 0 bridgehead atoms. The van der Waals surface area contributed by atoms with Crippen LogP contribution in [0, 0.1) is 0 Å². The molecule has 0 spiro atoms. The van der Waals surface area contributed by atoms with Gasteiger partial charge in [0.15, 0.2) is 0 Å². The van der Waals surface area contributed by atoms with E-state index in [0.29, 0.717) is 6.67 Å². The molecule has 0 aliphatic rings. The van der Waals surface area contributed by atoms with Gasteiger partial charge in [-0.2, -0.15) is 0 Å². The van der Waals surface area contributed by atoms with E-state index in [9.17, 15) is 0 Å². The quantitative estimate of drug-likeness (QED) is 0.241. The number of nitrogens with one attached hydrogen (secondary N) is 1. The van der Waals surface area contributed by atoms with Crippen LogP contribution in [0.3, 0.4) is 0 Å².